The van der Waals surface area contributed by atoms with Gasteiger partial charge in [0, 0.05) is 109 Å². The Kier molecular flexibility index (Phi) is 14.8. The van der Waals surface area contributed by atoms with Crippen molar-refractivity contribution in [3.05, 3.63) is 148 Å². The molecule has 14 nitrogen and oxygen atoms in total. The van der Waals surface area contributed by atoms with Gasteiger partial charge in [-0.15, -0.1) is 11.8 Å². The molecule has 17 heteroatoms. The van der Waals surface area contributed by atoms with Crippen molar-refractivity contribution in [2.45, 2.75) is 48.1 Å². The highest BCUT2D eigenvalue weighted by atomic mass is 35.5. The average Bonchev–Trinajstić information content (AvgIpc) is 3.60. The van der Waals surface area contributed by atoms with E-state index in [4.69, 9.17) is 11.6 Å². The maximum absolute atomic E-state index is 13.7. The highest BCUT2D eigenvalue weighted by Gasteiger charge is 2.28. The number of aromatic nitrogens is 1. The minimum absolute atomic E-state index is 0.156. The first-order chi connectivity index (χ1) is 32.2. The monoisotopic (exact) mass is 963 g/mol. The van der Waals surface area contributed by atoms with Crippen LogP contribution in [0.1, 0.15) is 35.3 Å². The summed E-state index contributed by atoms with van der Waals surface area (Å²) in [6, 6.07) is 36.2. The standard InChI is InChI=1S/C50H54ClN7O7S2/c1-34-47(50(60)61)48(49(54(34)2)35-11-13-37(51)14-12-35)36-7-6-8-41(31-36)57-29-27-56(28-30-57)40-17-15-38(16-18-40)53-67(64,65)44-19-20-45(46(32-44)58(62)63)52-39(33-66-43-9-4-3-5-10-43)21-24-55-25-22-42(59)23-26-55/h3-20,31-32,39,42,52-53,59H,21-30,33H2,1-2H3,(H,60,61). The number of aliphatic hydroxyl groups excluding tert-OH is 1. The molecule has 2 aliphatic rings. The highest BCUT2D eigenvalue weighted by molar-refractivity contribution is 7.99. The number of carboxylic acids is 1. The molecule has 0 bridgehead atoms. The number of benzene rings is 5. The van der Waals surface area contributed by atoms with E-state index in [9.17, 15) is 33.5 Å². The first-order valence-electron chi connectivity index (χ1n) is 22.3. The smallest absolute Gasteiger partial charge is 0.338 e. The molecule has 6 aromatic rings. The number of hydrogen-bond acceptors (Lipinski definition) is 11. The third-order valence-corrected chi connectivity index (χ3v) is 15.5. The van der Waals surface area contributed by atoms with Gasteiger partial charge in [0.1, 0.15) is 5.69 Å². The van der Waals surface area contributed by atoms with Crippen molar-refractivity contribution in [3.63, 3.8) is 0 Å². The topological polar surface area (TPSA) is 174 Å². The van der Waals surface area contributed by atoms with Crippen molar-refractivity contribution >= 4 is 67.8 Å². The Bertz CT molecular complexity index is 2810. The molecule has 8 rings (SSSR count). The lowest BCUT2D eigenvalue weighted by molar-refractivity contribution is -0.384. The van der Waals surface area contributed by atoms with E-state index in [2.05, 4.69) is 24.7 Å². The molecule has 4 N–H and O–H groups in total. The second kappa shape index (κ2) is 20.9. The van der Waals surface area contributed by atoms with Gasteiger partial charge in [-0.25, -0.2) is 13.2 Å². The Morgan fingerprint density at radius 2 is 1.52 bits per heavy atom. The molecular weight excluding hydrogens is 910 g/mol. The molecule has 0 saturated carbocycles. The summed E-state index contributed by atoms with van der Waals surface area (Å²) in [7, 11) is -2.32. The van der Waals surface area contributed by atoms with Crippen LogP contribution in [0.3, 0.4) is 0 Å². The van der Waals surface area contributed by atoms with Crippen molar-refractivity contribution in [3.8, 4) is 22.4 Å². The third kappa shape index (κ3) is 11.2. The number of aromatic carboxylic acids is 1. The number of likely N-dealkylation sites (tertiary alicyclic amines) is 1. The number of hydrogen-bond donors (Lipinski definition) is 4. The zero-order valence-corrected chi connectivity index (χ0v) is 39.7. The molecule has 0 spiro atoms. The van der Waals surface area contributed by atoms with Crippen LogP contribution in [-0.2, 0) is 17.1 Å². The molecule has 1 atom stereocenters. The molecular formula is C50H54ClN7O7S2. The molecule has 1 aromatic heterocycles. The fraction of sp³-hybridized carbons (Fsp3) is 0.300. The van der Waals surface area contributed by atoms with E-state index < -0.39 is 20.9 Å². The Morgan fingerprint density at radius 1 is 0.851 bits per heavy atom. The lowest BCUT2D eigenvalue weighted by atomic mass is 9.96. The van der Waals surface area contributed by atoms with Crippen LogP contribution in [0, 0.1) is 17.0 Å². The largest absolute Gasteiger partial charge is 0.478 e. The molecule has 5 aromatic carbocycles. The number of thioether (sulfide) groups is 1. The van der Waals surface area contributed by atoms with Crippen molar-refractivity contribution in [2.24, 2.45) is 7.05 Å². The molecule has 2 fully saturated rings. The summed E-state index contributed by atoms with van der Waals surface area (Å²) in [6.45, 7) is 6.93. The maximum Gasteiger partial charge on any atom is 0.338 e. The second-order valence-corrected chi connectivity index (χ2v) is 20.2. The first-order valence-corrected chi connectivity index (χ1v) is 25.1. The number of piperidine rings is 1. The molecule has 3 heterocycles. The minimum Gasteiger partial charge on any atom is -0.478 e. The lowest BCUT2D eigenvalue weighted by Crippen LogP contribution is -2.46. The van der Waals surface area contributed by atoms with Crippen molar-refractivity contribution in [2.75, 3.05) is 71.4 Å². The Balaban J connectivity index is 0.917. The van der Waals surface area contributed by atoms with Crippen LogP contribution < -0.4 is 19.8 Å². The highest BCUT2D eigenvalue weighted by Crippen LogP contribution is 2.40. The normalized spacial score (nSPS) is 15.3. The average molecular weight is 965 g/mol. The fourth-order valence-corrected chi connectivity index (χ4v) is 11.1. The van der Waals surface area contributed by atoms with Crippen molar-refractivity contribution in [1.29, 1.82) is 0 Å². The minimum atomic E-state index is -4.19. The molecule has 0 amide bonds. The Hall–Kier alpha value is -6.04. The number of nitro benzene ring substituents is 1. The number of carbonyl (C=O) groups is 1. The van der Waals surface area contributed by atoms with Gasteiger partial charge in [-0.05, 0) is 110 Å². The summed E-state index contributed by atoms with van der Waals surface area (Å²) in [5, 5.41) is 36.7. The van der Waals surface area contributed by atoms with Crippen LogP contribution in [0.5, 0.6) is 0 Å². The van der Waals surface area contributed by atoms with Gasteiger partial charge in [-0.2, -0.15) is 0 Å². The van der Waals surface area contributed by atoms with E-state index in [1.165, 1.54) is 12.1 Å². The summed E-state index contributed by atoms with van der Waals surface area (Å²) in [4.78, 5) is 32.2. The molecule has 2 saturated heterocycles. The van der Waals surface area contributed by atoms with E-state index in [0.717, 1.165) is 71.6 Å². The van der Waals surface area contributed by atoms with Crippen LogP contribution in [0.25, 0.3) is 22.4 Å². The number of nitro groups is 1. The zero-order chi connectivity index (χ0) is 47.2. The molecule has 1 unspecified atom stereocenters. The third-order valence-electron chi connectivity index (χ3n) is 12.7. The Labute approximate surface area is 400 Å². The van der Waals surface area contributed by atoms with Gasteiger partial charge in [-0.1, -0.05) is 54.1 Å². The lowest BCUT2D eigenvalue weighted by Gasteiger charge is -2.37. The predicted molar refractivity (Wildman–Crippen MR) is 269 cm³/mol. The van der Waals surface area contributed by atoms with E-state index >= 15 is 0 Å². The van der Waals surface area contributed by atoms with Crippen molar-refractivity contribution in [1.82, 2.24) is 9.47 Å². The second-order valence-electron chi connectivity index (χ2n) is 17.0. The van der Waals surface area contributed by atoms with E-state index in [1.807, 2.05) is 97.4 Å². The summed E-state index contributed by atoms with van der Waals surface area (Å²) in [5.74, 6) is -0.356. The molecule has 67 heavy (non-hydrogen) atoms. The summed E-state index contributed by atoms with van der Waals surface area (Å²) in [5.41, 5.74) is 6.15. The van der Waals surface area contributed by atoms with E-state index in [-0.39, 0.29) is 34.0 Å². The number of nitrogens with one attached hydrogen (secondary N) is 2. The maximum atomic E-state index is 13.7. The quantitative estimate of drug-likeness (QED) is 0.0388. The van der Waals surface area contributed by atoms with Gasteiger partial charge in [-0.3, -0.25) is 14.8 Å². The van der Waals surface area contributed by atoms with E-state index in [1.54, 1.807) is 36.0 Å². The zero-order valence-electron chi connectivity index (χ0n) is 37.3. The van der Waals surface area contributed by atoms with Crippen LogP contribution in [0.15, 0.2) is 131 Å². The van der Waals surface area contributed by atoms with Gasteiger partial charge >= 0.3 is 5.97 Å². The molecule has 2 aliphatic heterocycles. The molecule has 0 aliphatic carbocycles. The van der Waals surface area contributed by atoms with Gasteiger partial charge in [0.25, 0.3) is 15.7 Å². The first kappa shape index (κ1) is 47.5. The van der Waals surface area contributed by atoms with Gasteiger partial charge in [0.2, 0.25) is 0 Å². The summed E-state index contributed by atoms with van der Waals surface area (Å²) >= 11 is 7.85. The van der Waals surface area contributed by atoms with Crippen LogP contribution >= 0.6 is 23.4 Å². The number of sulfonamides is 1. The number of carboxylic acid groups (broad SMARTS) is 1. The number of anilines is 4. The van der Waals surface area contributed by atoms with Crippen LogP contribution in [0.4, 0.5) is 28.4 Å². The summed E-state index contributed by atoms with van der Waals surface area (Å²) < 4.78 is 31.9. The molecule has 0 radical (unpaired) electrons. The predicted octanol–water partition coefficient (Wildman–Crippen LogP) is 9.47. The van der Waals surface area contributed by atoms with Crippen LogP contribution in [0.2, 0.25) is 5.02 Å². The number of nitrogens with zero attached hydrogens (tertiary/aromatic N) is 5. The van der Waals surface area contributed by atoms with Gasteiger partial charge in [0.15, 0.2) is 0 Å². The number of halogens is 1. The van der Waals surface area contributed by atoms with Gasteiger partial charge < -0.3 is 34.8 Å². The summed E-state index contributed by atoms with van der Waals surface area (Å²) in [6.07, 6.45) is 1.86. The number of aliphatic hydroxyl groups is 1. The SMILES string of the molecule is Cc1c(C(=O)O)c(-c2cccc(N3CCN(c4ccc(NS(=O)(=O)c5ccc(NC(CCN6CCC(O)CC6)CSc6ccccc6)c([N+](=O)[O-])c5)cc4)CC3)c2)c(-c2ccc(Cl)cc2)n1C. The van der Waals surface area contributed by atoms with Crippen LogP contribution in [-0.4, -0.2) is 103 Å². The van der Waals surface area contributed by atoms with Crippen molar-refractivity contribution < 1.29 is 28.3 Å². The van der Waals surface area contributed by atoms with Gasteiger partial charge in [0.05, 0.1) is 27.2 Å². The Morgan fingerprint density at radius 3 is 2.18 bits per heavy atom. The van der Waals surface area contributed by atoms with E-state index in [0.29, 0.717) is 60.3 Å². The fourth-order valence-electron chi connectivity index (χ4n) is 8.89. The number of rotatable bonds is 17. The molecule has 350 valence electrons. The number of piperazine rings is 1.